The van der Waals surface area contributed by atoms with Crippen LogP contribution in [0.25, 0.3) is 0 Å². The summed E-state index contributed by atoms with van der Waals surface area (Å²) in [5.74, 6) is 0. The zero-order valence-corrected chi connectivity index (χ0v) is 2.55. The topological polar surface area (TPSA) is 24.7 Å². The highest BCUT2D eigenvalue weighted by Crippen LogP contribution is 1.83. The highest BCUT2D eigenvalue weighted by Gasteiger charge is 1.62. The van der Waals surface area contributed by atoms with Crippen LogP contribution in [0.5, 0.6) is 0 Å². The van der Waals surface area contributed by atoms with E-state index in [1.807, 2.05) is 0 Å². The van der Waals surface area contributed by atoms with Crippen molar-refractivity contribution in [3.8, 4) is 0 Å². The minimum Gasteiger partial charge on any atom is -0.150 e. The summed E-state index contributed by atoms with van der Waals surface area (Å²) in [6.07, 6.45) is 3.03. The van der Waals surface area contributed by atoms with Crippen molar-refractivity contribution in [1.29, 1.82) is 0 Å². The molecule has 1 aliphatic heterocycles. The predicted octanol–water partition coefficient (Wildman–Crippen LogP) is 1.08. The Bertz CT molecular complexity index is 96.1. The molecule has 0 saturated carbocycles. The Morgan fingerprint density at radius 1 is 1.20 bits per heavy atom. The number of nitrogens with zero attached hydrogens (tertiary/aromatic N) is 2. The molecule has 1 heterocycles. The molecule has 0 aromatic heterocycles. The summed E-state index contributed by atoms with van der Waals surface area (Å²) < 4.78 is 0. The second-order valence-electron chi connectivity index (χ2n) is 0.656. The van der Waals surface area contributed by atoms with Crippen LogP contribution in [-0.4, -0.2) is 0 Å². The quantitative estimate of drug-likeness (QED) is 0.378. The molecule has 0 saturated heterocycles. The van der Waals surface area contributed by atoms with Gasteiger partial charge in [0.25, 0.3) is 0 Å². The summed E-state index contributed by atoms with van der Waals surface area (Å²) in [7, 11) is 0. The van der Waals surface area contributed by atoms with Gasteiger partial charge in [0, 0.05) is 0 Å². The maximum absolute atomic E-state index is 3.42. The smallest absolute Gasteiger partial charge is 0.0930 e. The first-order valence-corrected chi connectivity index (χ1v) is 1.29. The first-order chi connectivity index (χ1) is 2.50. The molecule has 0 atom stereocenters. The summed E-state index contributed by atoms with van der Waals surface area (Å²) in [6.45, 7) is 0. The lowest BCUT2D eigenvalue weighted by Crippen LogP contribution is -1.24. The Morgan fingerprint density at radius 2 is 1.80 bits per heavy atom. The van der Waals surface area contributed by atoms with E-state index in [1.54, 1.807) is 0 Å². The second-order valence-corrected chi connectivity index (χ2v) is 0.656. The van der Waals surface area contributed by atoms with Gasteiger partial charge in [-0.3, -0.25) is 0 Å². The van der Waals surface area contributed by atoms with Crippen LogP contribution in [0.15, 0.2) is 28.4 Å². The minimum atomic E-state index is 1.51. The van der Waals surface area contributed by atoms with Crippen LogP contribution in [0, 0.1) is 0 Å². The number of azo groups is 1. The van der Waals surface area contributed by atoms with Gasteiger partial charge in [0.05, 0.1) is 12.4 Å². The van der Waals surface area contributed by atoms with Gasteiger partial charge in [-0.15, -0.1) is 10.2 Å². The first-order valence-electron chi connectivity index (χ1n) is 1.29. The van der Waals surface area contributed by atoms with E-state index in [1.165, 1.54) is 12.4 Å². The Labute approximate surface area is 29.5 Å². The zero-order chi connectivity index (χ0) is 3.54. The first kappa shape index (κ1) is 2.36. The fourth-order valence-corrected chi connectivity index (χ4v) is 0.167. The largest absolute Gasteiger partial charge is 0.150 e. The van der Waals surface area contributed by atoms with E-state index in [4.69, 9.17) is 0 Å². The minimum absolute atomic E-state index is 1.51. The molecule has 0 fully saturated rings. The van der Waals surface area contributed by atoms with Crippen molar-refractivity contribution in [2.45, 2.75) is 0 Å². The molecule has 1 aliphatic rings. The van der Waals surface area contributed by atoms with Crippen LogP contribution < -0.4 is 0 Å². The highest BCUT2D eigenvalue weighted by molar-refractivity contribution is 4.85. The normalized spacial score (nSPS) is 14.4. The lowest BCUT2D eigenvalue weighted by Gasteiger charge is -1.49. The molecule has 0 radical (unpaired) electrons. The maximum Gasteiger partial charge on any atom is 0.0930 e. The van der Waals surface area contributed by atoms with Crippen molar-refractivity contribution in [2.24, 2.45) is 10.2 Å². The Morgan fingerprint density at radius 3 is 2.00 bits per heavy atom. The van der Waals surface area contributed by atoms with Gasteiger partial charge in [0.2, 0.25) is 0 Å². The van der Waals surface area contributed by atoms with E-state index in [0.29, 0.717) is 0 Å². The summed E-state index contributed by atoms with van der Waals surface area (Å²) in [6, 6.07) is 0. The molecule has 1 rings (SSSR count). The molecule has 24 valence electrons. The van der Waals surface area contributed by atoms with Crippen molar-refractivity contribution in [2.75, 3.05) is 0 Å². The third kappa shape index (κ3) is 0.231. The van der Waals surface area contributed by atoms with Crippen molar-refractivity contribution in [3.05, 3.63) is 18.1 Å². The van der Waals surface area contributed by atoms with Gasteiger partial charge < -0.3 is 0 Å². The molecule has 0 unspecified atom stereocenters. The van der Waals surface area contributed by atoms with E-state index >= 15 is 0 Å². The van der Waals surface area contributed by atoms with Gasteiger partial charge in [-0.1, -0.05) is 5.73 Å². The molecule has 0 amide bonds. The van der Waals surface area contributed by atoms with Crippen molar-refractivity contribution in [3.63, 3.8) is 0 Å². The van der Waals surface area contributed by atoms with Gasteiger partial charge in [0.1, 0.15) is 0 Å². The molecular weight excluding hydrogens is 64.0 g/mol. The fourth-order valence-electron chi connectivity index (χ4n) is 0.167. The molecule has 2 nitrogen and oxygen atoms in total. The van der Waals surface area contributed by atoms with Crippen molar-refractivity contribution in [1.82, 2.24) is 0 Å². The predicted molar refractivity (Wildman–Crippen MR) is 17.5 cm³/mol. The standard InChI is InChI=1S/C3H2N2/c1-2-4-5-3-1/h2-3H. The lowest BCUT2D eigenvalue weighted by molar-refractivity contribution is 1.27. The van der Waals surface area contributed by atoms with E-state index in [2.05, 4.69) is 16.0 Å². The maximum atomic E-state index is 3.42. The van der Waals surface area contributed by atoms with E-state index in [0.717, 1.165) is 0 Å². The molecule has 0 spiro atoms. The van der Waals surface area contributed by atoms with Gasteiger partial charge in [-0.2, -0.15) is 0 Å². The molecule has 2 heteroatoms. The number of hydrogen-bond donors (Lipinski definition) is 0. The Balaban J connectivity index is 2.98. The summed E-state index contributed by atoms with van der Waals surface area (Å²) in [5.41, 5.74) is 2.64. The molecule has 0 aromatic carbocycles. The van der Waals surface area contributed by atoms with Gasteiger partial charge in [-0.25, -0.2) is 0 Å². The molecule has 5 heavy (non-hydrogen) atoms. The third-order valence-electron chi connectivity index (χ3n) is 0.331. The van der Waals surface area contributed by atoms with Crippen LogP contribution >= 0.6 is 0 Å². The van der Waals surface area contributed by atoms with Gasteiger partial charge in [-0.05, 0) is 0 Å². The van der Waals surface area contributed by atoms with Crippen LogP contribution in [-0.2, 0) is 0 Å². The fraction of sp³-hybridized carbons (Fsp3) is 0. The second kappa shape index (κ2) is 0.826. The summed E-state index contributed by atoms with van der Waals surface area (Å²) >= 11 is 0. The monoisotopic (exact) mass is 66.0 g/mol. The molecule has 0 aliphatic carbocycles. The van der Waals surface area contributed by atoms with Crippen LogP contribution in [0.4, 0.5) is 0 Å². The van der Waals surface area contributed by atoms with E-state index < -0.39 is 0 Å². The van der Waals surface area contributed by atoms with Crippen LogP contribution in [0.2, 0.25) is 0 Å². The highest BCUT2D eigenvalue weighted by atomic mass is 15.1. The number of hydrogen-bond acceptors (Lipinski definition) is 2. The van der Waals surface area contributed by atoms with Crippen LogP contribution in [0.1, 0.15) is 0 Å². The van der Waals surface area contributed by atoms with Crippen molar-refractivity contribution < 1.29 is 0 Å². The van der Waals surface area contributed by atoms with Crippen LogP contribution in [0.3, 0.4) is 0 Å². The summed E-state index contributed by atoms with van der Waals surface area (Å²) in [4.78, 5) is 0. The van der Waals surface area contributed by atoms with Gasteiger partial charge >= 0.3 is 0 Å². The average molecular weight is 66.1 g/mol. The molecule has 0 aromatic rings. The van der Waals surface area contributed by atoms with Gasteiger partial charge in [0.15, 0.2) is 0 Å². The lowest BCUT2D eigenvalue weighted by atomic mass is 10.9. The Kier molecular flexibility index (Phi) is 0.390. The summed E-state index contributed by atoms with van der Waals surface area (Å²) in [5, 5.41) is 6.83. The molecule has 0 bridgehead atoms. The van der Waals surface area contributed by atoms with E-state index in [9.17, 15) is 0 Å². The van der Waals surface area contributed by atoms with Crippen molar-refractivity contribution >= 4 is 0 Å². The average Bonchev–Trinajstić information content (AvgIpc) is 1.76. The van der Waals surface area contributed by atoms with E-state index in [-0.39, 0.29) is 0 Å². The SMILES string of the molecule is C1=CN=NC=1. The zero-order valence-electron chi connectivity index (χ0n) is 2.55. The Hall–Kier alpha value is -0.880. The number of rotatable bonds is 0. The third-order valence-corrected chi connectivity index (χ3v) is 0.331. The molecular formula is C3H2N2. The molecule has 0 N–H and O–H groups in total.